The molecule has 1 nitrogen and oxygen atoms in total. The molecular weight excluding hydrogens is 250 g/mol. The van der Waals surface area contributed by atoms with Crippen molar-refractivity contribution in [1.29, 1.82) is 0 Å². The molecule has 1 unspecified atom stereocenters. The van der Waals surface area contributed by atoms with Crippen molar-refractivity contribution in [2.24, 2.45) is 5.92 Å². The number of hydrogen-bond acceptors (Lipinski definition) is 1. The van der Waals surface area contributed by atoms with Crippen molar-refractivity contribution < 1.29 is 0 Å². The van der Waals surface area contributed by atoms with Crippen LogP contribution < -0.4 is 0 Å². The van der Waals surface area contributed by atoms with Gasteiger partial charge in [-0.1, -0.05) is 47.7 Å². The van der Waals surface area contributed by atoms with E-state index in [4.69, 9.17) is 0 Å². The lowest BCUT2D eigenvalue weighted by molar-refractivity contribution is 0.493. The van der Waals surface area contributed by atoms with Crippen LogP contribution in [-0.4, -0.2) is 9.81 Å². The number of hydrogen-bond donors (Lipinski definition) is 0. The van der Waals surface area contributed by atoms with Gasteiger partial charge in [0.2, 0.25) is 0 Å². The highest BCUT2D eigenvalue weighted by Crippen LogP contribution is 2.31. The van der Waals surface area contributed by atoms with Gasteiger partial charge in [-0.05, 0) is 24.5 Å². The molecule has 1 aliphatic carbocycles. The van der Waals surface area contributed by atoms with Crippen LogP contribution in [-0.2, 0) is 6.42 Å². The van der Waals surface area contributed by atoms with Crippen LogP contribution in [0, 0.1) is 5.92 Å². The molecule has 0 aliphatic heterocycles. The van der Waals surface area contributed by atoms with E-state index in [2.05, 4.69) is 33.0 Å². The van der Waals surface area contributed by atoms with Gasteiger partial charge in [0.05, 0.1) is 0 Å². The van der Waals surface area contributed by atoms with Crippen LogP contribution in [0.25, 0.3) is 0 Å². The van der Waals surface area contributed by atoms with Crippen molar-refractivity contribution >= 4 is 15.9 Å². The van der Waals surface area contributed by atoms with E-state index >= 15 is 0 Å². The van der Waals surface area contributed by atoms with Crippen LogP contribution in [0.3, 0.4) is 0 Å². The number of nitrogens with zero attached hydrogens (tertiary/aromatic N) is 1. The molecule has 0 spiro atoms. The summed E-state index contributed by atoms with van der Waals surface area (Å²) < 4.78 is 0. The topological polar surface area (TPSA) is 12.9 Å². The molecule has 1 aromatic heterocycles. The number of alkyl halides is 1. The van der Waals surface area contributed by atoms with E-state index in [-0.39, 0.29) is 0 Å². The van der Waals surface area contributed by atoms with Crippen molar-refractivity contribution in [2.45, 2.75) is 43.4 Å². The molecule has 15 heavy (non-hydrogen) atoms. The molecule has 1 aliphatic rings. The van der Waals surface area contributed by atoms with Gasteiger partial charge in [0.15, 0.2) is 0 Å². The van der Waals surface area contributed by atoms with Crippen molar-refractivity contribution in [2.75, 3.05) is 0 Å². The summed E-state index contributed by atoms with van der Waals surface area (Å²) >= 11 is 3.78. The summed E-state index contributed by atoms with van der Waals surface area (Å²) in [4.78, 5) is 4.97. The SMILES string of the molecule is BrC(Cc1ccccn1)CC1CCCC1. The number of pyridine rings is 1. The van der Waals surface area contributed by atoms with Gasteiger partial charge in [0.25, 0.3) is 0 Å². The van der Waals surface area contributed by atoms with Crippen LogP contribution in [0.5, 0.6) is 0 Å². The average molecular weight is 268 g/mol. The Morgan fingerprint density at radius 1 is 1.33 bits per heavy atom. The molecule has 0 bridgehead atoms. The van der Waals surface area contributed by atoms with Crippen molar-refractivity contribution in [3.8, 4) is 0 Å². The Hall–Kier alpha value is -0.370. The zero-order chi connectivity index (χ0) is 10.5. The van der Waals surface area contributed by atoms with E-state index in [1.54, 1.807) is 0 Å². The Labute approximate surface area is 100 Å². The fourth-order valence-electron chi connectivity index (χ4n) is 2.44. The number of halogens is 1. The lowest BCUT2D eigenvalue weighted by Crippen LogP contribution is -2.09. The minimum absolute atomic E-state index is 0.607. The van der Waals surface area contributed by atoms with Gasteiger partial charge >= 0.3 is 0 Å². The fraction of sp³-hybridized carbons (Fsp3) is 0.615. The zero-order valence-electron chi connectivity index (χ0n) is 9.03. The third-order valence-corrected chi connectivity index (χ3v) is 3.92. The predicted molar refractivity (Wildman–Crippen MR) is 67.2 cm³/mol. The first kappa shape index (κ1) is 11.1. The second kappa shape index (κ2) is 5.64. The van der Waals surface area contributed by atoms with E-state index in [0.717, 1.165) is 12.3 Å². The van der Waals surface area contributed by atoms with E-state index in [9.17, 15) is 0 Å². The lowest BCUT2D eigenvalue weighted by Gasteiger charge is -2.14. The predicted octanol–water partition coefficient (Wildman–Crippen LogP) is 3.97. The Bertz CT molecular complexity index is 280. The molecule has 0 N–H and O–H groups in total. The first-order chi connectivity index (χ1) is 7.34. The molecule has 0 amide bonds. The van der Waals surface area contributed by atoms with Gasteiger partial charge in [0, 0.05) is 23.1 Å². The summed E-state index contributed by atoms with van der Waals surface area (Å²) in [7, 11) is 0. The normalized spacial score (nSPS) is 19.3. The largest absolute Gasteiger partial charge is 0.261 e. The van der Waals surface area contributed by atoms with Crippen LogP contribution >= 0.6 is 15.9 Å². The molecule has 2 heteroatoms. The van der Waals surface area contributed by atoms with Crippen LogP contribution in [0.15, 0.2) is 24.4 Å². The minimum Gasteiger partial charge on any atom is -0.261 e. The third kappa shape index (κ3) is 3.60. The molecule has 2 rings (SSSR count). The fourth-order valence-corrected chi connectivity index (χ4v) is 3.30. The van der Waals surface area contributed by atoms with E-state index in [0.29, 0.717) is 4.83 Å². The molecule has 1 aromatic rings. The van der Waals surface area contributed by atoms with Gasteiger partial charge in [-0.2, -0.15) is 0 Å². The van der Waals surface area contributed by atoms with Gasteiger partial charge in [0.1, 0.15) is 0 Å². The van der Waals surface area contributed by atoms with Gasteiger partial charge < -0.3 is 0 Å². The van der Waals surface area contributed by atoms with E-state index < -0.39 is 0 Å². The maximum absolute atomic E-state index is 4.36. The van der Waals surface area contributed by atoms with Crippen LogP contribution in [0.4, 0.5) is 0 Å². The Morgan fingerprint density at radius 3 is 2.80 bits per heavy atom. The molecule has 0 saturated heterocycles. The molecule has 1 heterocycles. The molecule has 0 radical (unpaired) electrons. The lowest BCUT2D eigenvalue weighted by atomic mass is 10.00. The molecular formula is C13H18BrN. The maximum Gasteiger partial charge on any atom is 0.0414 e. The highest BCUT2D eigenvalue weighted by atomic mass is 79.9. The first-order valence-electron chi connectivity index (χ1n) is 5.88. The van der Waals surface area contributed by atoms with E-state index in [1.807, 2.05) is 12.3 Å². The molecule has 1 saturated carbocycles. The molecule has 1 atom stereocenters. The first-order valence-corrected chi connectivity index (χ1v) is 6.80. The average Bonchev–Trinajstić information content (AvgIpc) is 2.71. The molecule has 1 fully saturated rings. The Morgan fingerprint density at radius 2 is 2.13 bits per heavy atom. The van der Waals surface area contributed by atoms with Crippen molar-refractivity contribution in [1.82, 2.24) is 4.98 Å². The summed E-state index contributed by atoms with van der Waals surface area (Å²) in [6.45, 7) is 0. The third-order valence-electron chi connectivity index (χ3n) is 3.22. The number of aromatic nitrogens is 1. The summed E-state index contributed by atoms with van der Waals surface area (Å²) in [5, 5.41) is 0. The second-order valence-corrected chi connectivity index (χ2v) is 5.80. The minimum atomic E-state index is 0.607. The van der Waals surface area contributed by atoms with Crippen molar-refractivity contribution in [3.63, 3.8) is 0 Å². The highest BCUT2D eigenvalue weighted by molar-refractivity contribution is 9.09. The standard InChI is InChI=1S/C13H18BrN/c14-12(9-11-5-1-2-6-11)10-13-7-3-4-8-15-13/h3-4,7-8,11-12H,1-2,5-6,9-10H2. The zero-order valence-corrected chi connectivity index (χ0v) is 10.6. The summed E-state index contributed by atoms with van der Waals surface area (Å²) in [5.74, 6) is 0.957. The van der Waals surface area contributed by atoms with Gasteiger partial charge in [-0.3, -0.25) is 4.98 Å². The summed E-state index contributed by atoms with van der Waals surface area (Å²) in [6, 6.07) is 6.16. The monoisotopic (exact) mass is 267 g/mol. The van der Waals surface area contributed by atoms with Gasteiger partial charge in [-0.25, -0.2) is 0 Å². The summed E-state index contributed by atoms with van der Waals surface area (Å²) in [5.41, 5.74) is 1.21. The Balaban J connectivity index is 1.79. The molecule has 0 aromatic carbocycles. The van der Waals surface area contributed by atoms with E-state index in [1.165, 1.54) is 37.8 Å². The number of rotatable bonds is 4. The maximum atomic E-state index is 4.36. The summed E-state index contributed by atoms with van der Waals surface area (Å²) in [6.07, 6.45) is 10.0. The quantitative estimate of drug-likeness (QED) is 0.753. The van der Waals surface area contributed by atoms with Crippen molar-refractivity contribution in [3.05, 3.63) is 30.1 Å². The second-order valence-electron chi connectivity index (χ2n) is 4.51. The smallest absolute Gasteiger partial charge is 0.0414 e. The highest BCUT2D eigenvalue weighted by Gasteiger charge is 2.18. The van der Waals surface area contributed by atoms with Gasteiger partial charge in [-0.15, -0.1) is 0 Å². The van der Waals surface area contributed by atoms with Crippen LogP contribution in [0.1, 0.15) is 37.8 Å². The molecule has 82 valence electrons. The van der Waals surface area contributed by atoms with Crippen LogP contribution in [0.2, 0.25) is 0 Å². The Kier molecular flexibility index (Phi) is 4.18.